The lowest BCUT2D eigenvalue weighted by molar-refractivity contribution is -0.116. The predicted molar refractivity (Wildman–Crippen MR) is 105 cm³/mol. The fourth-order valence-electron chi connectivity index (χ4n) is 3.53. The maximum atomic E-state index is 12.8. The quantitative estimate of drug-likeness (QED) is 0.756. The molecule has 4 rings (SSSR count). The van der Waals surface area contributed by atoms with Crippen molar-refractivity contribution in [2.45, 2.75) is 6.92 Å². The Kier molecular flexibility index (Phi) is 4.79. The van der Waals surface area contributed by atoms with Gasteiger partial charge in [-0.25, -0.2) is 0 Å². The van der Waals surface area contributed by atoms with Crippen LogP contribution in [-0.2, 0) is 9.53 Å². The predicted octanol–water partition coefficient (Wildman–Crippen LogP) is 2.75. The second-order valence-corrected chi connectivity index (χ2v) is 6.76. The van der Waals surface area contributed by atoms with E-state index in [2.05, 4.69) is 0 Å². The van der Waals surface area contributed by atoms with Crippen molar-refractivity contribution in [1.82, 2.24) is 4.90 Å². The molecule has 2 aliphatic heterocycles. The Balaban J connectivity index is 1.61. The Labute approximate surface area is 163 Å². The highest BCUT2D eigenvalue weighted by molar-refractivity contribution is 6.26. The number of amides is 2. The first-order valence-corrected chi connectivity index (χ1v) is 9.19. The van der Waals surface area contributed by atoms with Crippen LogP contribution in [0.1, 0.15) is 33.2 Å². The second kappa shape index (κ2) is 7.40. The van der Waals surface area contributed by atoms with E-state index in [1.807, 2.05) is 0 Å². The Morgan fingerprint density at radius 3 is 2.36 bits per heavy atom. The van der Waals surface area contributed by atoms with Gasteiger partial charge in [0, 0.05) is 31.1 Å². The van der Waals surface area contributed by atoms with Crippen molar-refractivity contribution in [2.75, 3.05) is 31.2 Å². The smallest absolute Gasteiger partial charge is 0.254 e. The lowest BCUT2D eigenvalue weighted by atomic mass is 10.1. The number of anilines is 1. The van der Waals surface area contributed by atoms with Gasteiger partial charge in [0.1, 0.15) is 0 Å². The molecule has 2 aromatic carbocycles. The number of morpholine rings is 1. The number of rotatable bonds is 2. The van der Waals surface area contributed by atoms with E-state index in [-0.39, 0.29) is 17.6 Å². The Morgan fingerprint density at radius 2 is 1.68 bits per heavy atom. The molecule has 0 saturated carbocycles. The van der Waals surface area contributed by atoms with Gasteiger partial charge < -0.3 is 9.64 Å². The molecule has 1 saturated heterocycles. The van der Waals surface area contributed by atoms with E-state index >= 15 is 0 Å². The van der Waals surface area contributed by atoms with Crippen molar-refractivity contribution in [1.29, 1.82) is 0 Å². The summed E-state index contributed by atoms with van der Waals surface area (Å²) in [4.78, 5) is 40.7. The number of carbonyl (C=O) groups is 3. The van der Waals surface area contributed by atoms with Crippen LogP contribution in [0.25, 0.3) is 6.08 Å². The van der Waals surface area contributed by atoms with Crippen molar-refractivity contribution in [2.24, 2.45) is 0 Å². The highest BCUT2D eigenvalue weighted by Crippen LogP contribution is 2.35. The first kappa shape index (κ1) is 18.1. The summed E-state index contributed by atoms with van der Waals surface area (Å²) < 4.78 is 5.28. The van der Waals surface area contributed by atoms with Crippen LogP contribution in [-0.4, -0.2) is 48.8 Å². The summed E-state index contributed by atoms with van der Waals surface area (Å²) in [5.74, 6) is -0.430. The summed E-state index contributed by atoms with van der Waals surface area (Å²) in [6.07, 6.45) is 1.69. The zero-order valence-corrected chi connectivity index (χ0v) is 15.6. The van der Waals surface area contributed by atoms with Gasteiger partial charge in [0.25, 0.3) is 5.91 Å². The lowest BCUT2D eigenvalue weighted by Gasteiger charge is -2.26. The molecule has 142 valence electrons. The summed E-state index contributed by atoms with van der Waals surface area (Å²) in [7, 11) is 0. The van der Waals surface area contributed by atoms with Crippen molar-refractivity contribution >= 4 is 29.4 Å². The molecule has 0 spiro atoms. The SMILES string of the molecule is CC(=O)N1/C(=C/c2ccc(C(=O)N3CCOCC3)cc2)C(=O)c2ccccc21. The summed E-state index contributed by atoms with van der Waals surface area (Å²) in [5, 5.41) is 0. The third-order valence-corrected chi connectivity index (χ3v) is 4.94. The van der Waals surface area contributed by atoms with E-state index in [1.165, 1.54) is 11.8 Å². The highest BCUT2D eigenvalue weighted by Gasteiger charge is 2.34. The monoisotopic (exact) mass is 376 g/mol. The summed E-state index contributed by atoms with van der Waals surface area (Å²) in [6, 6.07) is 14.1. The van der Waals surface area contributed by atoms with Crippen LogP contribution in [0.15, 0.2) is 54.2 Å². The summed E-state index contributed by atoms with van der Waals surface area (Å²) in [5.41, 5.74) is 2.78. The number of ketones is 1. The molecule has 2 amide bonds. The van der Waals surface area contributed by atoms with Crippen LogP contribution in [0.4, 0.5) is 5.69 Å². The standard InChI is InChI=1S/C22H20N2O4/c1-15(25)24-19-5-3-2-4-18(19)21(26)20(24)14-16-6-8-17(9-7-16)22(27)23-10-12-28-13-11-23/h2-9,14H,10-13H2,1H3/b20-14+. The number of para-hydroxylation sites is 1. The molecule has 2 aromatic rings. The molecule has 2 aliphatic rings. The number of fused-ring (bicyclic) bond motifs is 1. The van der Waals surface area contributed by atoms with Gasteiger partial charge in [-0.1, -0.05) is 24.3 Å². The van der Waals surface area contributed by atoms with Crippen LogP contribution in [0.3, 0.4) is 0 Å². The minimum Gasteiger partial charge on any atom is -0.378 e. The molecule has 1 fully saturated rings. The molecule has 0 atom stereocenters. The van der Waals surface area contributed by atoms with Gasteiger partial charge in [0.2, 0.25) is 11.7 Å². The molecule has 0 unspecified atom stereocenters. The molecule has 0 aliphatic carbocycles. The van der Waals surface area contributed by atoms with Gasteiger partial charge in [0.15, 0.2) is 0 Å². The maximum absolute atomic E-state index is 12.8. The van der Waals surface area contributed by atoms with E-state index in [1.54, 1.807) is 59.5 Å². The Hall–Kier alpha value is -3.25. The first-order valence-electron chi connectivity index (χ1n) is 9.19. The molecule has 6 nitrogen and oxygen atoms in total. The van der Waals surface area contributed by atoms with Crippen molar-refractivity contribution in [3.05, 3.63) is 70.9 Å². The van der Waals surface area contributed by atoms with Gasteiger partial charge in [-0.3, -0.25) is 19.3 Å². The van der Waals surface area contributed by atoms with Crippen molar-refractivity contribution in [3.63, 3.8) is 0 Å². The van der Waals surface area contributed by atoms with Crippen molar-refractivity contribution < 1.29 is 19.1 Å². The van der Waals surface area contributed by atoms with Crippen LogP contribution in [0, 0.1) is 0 Å². The molecule has 28 heavy (non-hydrogen) atoms. The molecule has 2 heterocycles. The van der Waals surface area contributed by atoms with Crippen LogP contribution in [0.5, 0.6) is 0 Å². The maximum Gasteiger partial charge on any atom is 0.254 e. The lowest BCUT2D eigenvalue weighted by Crippen LogP contribution is -2.40. The third-order valence-electron chi connectivity index (χ3n) is 4.94. The molecule has 0 N–H and O–H groups in total. The van der Waals surface area contributed by atoms with Gasteiger partial charge >= 0.3 is 0 Å². The highest BCUT2D eigenvalue weighted by atomic mass is 16.5. The summed E-state index contributed by atoms with van der Waals surface area (Å²) >= 11 is 0. The first-order chi connectivity index (χ1) is 13.6. The normalized spacial score (nSPS) is 17.8. The fourth-order valence-corrected chi connectivity index (χ4v) is 3.53. The van der Waals surface area contributed by atoms with Gasteiger partial charge in [-0.05, 0) is 35.9 Å². The molecular weight excluding hydrogens is 356 g/mol. The zero-order chi connectivity index (χ0) is 19.7. The Morgan fingerprint density at radius 1 is 1.00 bits per heavy atom. The average Bonchev–Trinajstić information content (AvgIpc) is 3.01. The molecule has 6 heteroatoms. The fraction of sp³-hybridized carbons (Fsp3) is 0.227. The zero-order valence-electron chi connectivity index (χ0n) is 15.6. The van der Waals surface area contributed by atoms with E-state index in [0.717, 1.165) is 5.56 Å². The number of hydrogen-bond donors (Lipinski definition) is 0. The van der Waals surface area contributed by atoms with E-state index in [9.17, 15) is 14.4 Å². The van der Waals surface area contributed by atoms with Crippen LogP contribution >= 0.6 is 0 Å². The number of nitrogens with zero attached hydrogens (tertiary/aromatic N) is 2. The number of ether oxygens (including phenoxy) is 1. The van der Waals surface area contributed by atoms with Crippen LogP contribution in [0.2, 0.25) is 0 Å². The minimum atomic E-state index is -0.219. The molecule has 0 bridgehead atoms. The second-order valence-electron chi connectivity index (χ2n) is 6.76. The number of Topliss-reactive ketones (excluding diaryl/α,β-unsaturated/α-hetero) is 1. The van der Waals surface area contributed by atoms with E-state index in [4.69, 9.17) is 4.74 Å². The van der Waals surface area contributed by atoms with Crippen LogP contribution < -0.4 is 4.90 Å². The molecule has 0 radical (unpaired) electrons. The van der Waals surface area contributed by atoms with E-state index < -0.39 is 0 Å². The third kappa shape index (κ3) is 3.23. The number of allylic oxidation sites excluding steroid dienone is 1. The van der Waals surface area contributed by atoms with Gasteiger partial charge in [-0.15, -0.1) is 0 Å². The topological polar surface area (TPSA) is 66.9 Å². The largest absolute Gasteiger partial charge is 0.378 e. The van der Waals surface area contributed by atoms with Gasteiger partial charge in [0.05, 0.1) is 24.6 Å². The summed E-state index contributed by atoms with van der Waals surface area (Å²) in [6.45, 7) is 3.72. The Bertz CT molecular complexity index is 972. The van der Waals surface area contributed by atoms with E-state index in [0.29, 0.717) is 48.8 Å². The number of benzene rings is 2. The molecule has 0 aromatic heterocycles. The van der Waals surface area contributed by atoms with Crippen molar-refractivity contribution in [3.8, 4) is 0 Å². The van der Waals surface area contributed by atoms with Gasteiger partial charge in [-0.2, -0.15) is 0 Å². The number of carbonyl (C=O) groups excluding carboxylic acids is 3. The minimum absolute atomic E-state index is 0.0304. The average molecular weight is 376 g/mol. The molecular formula is C22H20N2O4. The number of hydrogen-bond acceptors (Lipinski definition) is 4.